The molecule has 70 valence electrons. The van der Waals surface area contributed by atoms with Crippen LogP contribution in [0, 0.1) is 5.92 Å². The first-order valence-corrected chi connectivity index (χ1v) is 5.07. The first kappa shape index (κ1) is 8.67. The lowest BCUT2D eigenvalue weighted by Gasteiger charge is -2.04. The lowest BCUT2D eigenvalue weighted by atomic mass is 10.2. The van der Waals surface area contributed by atoms with Crippen molar-refractivity contribution >= 4 is 0 Å². The van der Waals surface area contributed by atoms with E-state index < -0.39 is 0 Å². The van der Waals surface area contributed by atoms with E-state index >= 15 is 0 Å². The average molecular weight is 176 g/mol. The van der Waals surface area contributed by atoms with Crippen molar-refractivity contribution in [3.8, 4) is 0 Å². The lowest BCUT2D eigenvalue weighted by Crippen LogP contribution is -2.01. The maximum Gasteiger partial charge on any atom is 0.131 e. The number of rotatable bonds is 3. The topological polar surface area (TPSA) is 25.8 Å². The van der Waals surface area contributed by atoms with E-state index in [4.69, 9.17) is 0 Å². The van der Waals surface area contributed by atoms with Gasteiger partial charge in [-0.1, -0.05) is 13.8 Å². The van der Waals surface area contributed by atoms with Crippen LogP contribution in [0.5, 0.6) is 0 Å². The van der Waals surface area contributed by atoms with Gasteiger partial charge in [-0.05, 0) is 31.2 Å². The van der Waals surface area contributed by atoms with Crippen LogP contribution < -0.4 is 0 Å². The highest BCUT2D eigenvalue weighted by Gasteiger charge is 2.22. The summed E-state index contributed by atoms with van der Waals surface area (Å²) in [5.41, 5.74) is 1.22. The lowest BCUT2D eigenvalue weighted by molar-refractivity contribution is 0.731. The van der Waals surface area contributed by atoms with Crippen molar-refractivity contribution in [3.05, 3.63) is 23.8 Å². The van der Waals surface area contributed by atoms with Crippen LogP contribution in [-0.4, -0.2) is 9.97 Å². The predicted molar refractivity (Wildman–Crippen MR) is 52.5 cm³/mol. The van der Waals surface area contributed by atoms with E-state index in [1.54, 1.807) is 0 Å². The molecule has 13 heavy (non-hydrogen) atoms. The fourth-order valence-corrected chi connectivity index (χ4v) is 1.42. The minimum atomic E-state index is 0.444. The van der Waals surface area contributed by atoms with Crippen molar-refractivity contribution < 1.29 is 0 Å². The molecule has 0 N–H and O–H groups in total. The summed E-state index contributed by atoms with van der Waals surface area (Å²) in [6, 6.07) is 2.05. The van der Waals surface area contributed by atoms with E-state index in [1.807, 2.05) is 12.3 Å². The fourth-order valence-electron chi connectivity index (χ4n) is 1.42. The molecular weight excluding hydrogens is 160 g/mol. The monoisotopic (exact) mass is 176 g/mol. The third kappa shape index (κ3) is 2.27. The van der Waals surface area contributed by atoms with Crippen molar-refractivity contribution in [2.45, 2.75) is 39.0 Å². The number of hydrogen-bond acceptors (Lipinski definition) is 2. The van der Waals surface area contributed by atoms with E-state index in [0.29, 0.717) is 5.92 Å². The molecule has 2 heteroatoms. The Balaban J connectivity index is 2.11. The molecule has 0 saturated heterocycles. The molecule has 0 aromatic carbocycles. The molecule has 1 aliphatic rings. The second kappa shape index (κ2) is 3.44. The molecule has 2 nitrogen and oxygen atoms in total. The summed E-state index contributed by atoms with van der Waals surface area (Å²) >= 11 is 0. The van der Waals surface area contributed by atoms with Gasteiger partial charge in [-0.3, -0.25) is 0 Å². The molecule has 0 amide bonds. The molecule has 1 aliphatic carbocycles. The normalized spacial score (nSPS) is 16.5. The van der Waals surface area contributed by atoms with Crippen molar-refractivity contribution in [2.24, 2.45) is 5.92 Å². The number of aromatic nitrogens is 2. The molecule has 2 rings (SSSR count). The van der Waals surface area contributed by atoms with Crippen LogP contribution >= 0.6 is 0 Å². The quantitative estimate of drug-likeness (QED) is 0.707. The zero-order valence-electron chi connectivity index (χ0n) is 8.33. The molecule has 1 saturated carbocycles. The Morgan fingerprint density at radius 2 is 2.23 bits per heavy atom. The van der Waals surface area contributed by atoms with Crippen LogP contribution in [0.15, 0.2) is 12.3 Å². The Kier molecular flexibility index (Phi) is 2.30. The third-order valence-electron chi connectivity index (χ3n) is 2.44. The van der Waals surface area contributed by atoms with Crippen LogP contribution in [-0.2, 0) is 6.42 Å². The highest BCUT2D eigenvalue weighted by Crippen LogP contribution is 2.32. The maximum atomic E-state index is 4.54. The molecule has 1 heterocycles. The van der Waals surface area contributed by atoms with E-state index in [9.17, 15) is 0 Å². The summed E-state index contributed by atoms with van der Waals surface area (Å²) in [6.45, 7) is 4.27. The number of nitrogens with zero attached hydrogens (tertiary/aromatic N) is 2. The molecule has 0 atom stereocenters. The Morgan fingerprint density at radius 1 is 1.46 bits per heavy atom. The van der Waals surface area contributed by atoms with Crippen LogP contribution in [0.1, 0.15) is 44.1 Å². The number of hydrogen-bond donors (Lipinski definition) is 0. The summed E-state index contributed by atoms with van der Waals surface area (Å²) in [4.78, 5) is 8.80. The summed E-state index contributed by atoms with van der Waals surface area (Å²) in [6.07, 6.45) is 5.82. The zero-order chi connectivity index (χ0) is 9.26. The fraction of sp³-hybridized carbons (Fsp3) is 0.636. The average Bonchev–Trinajstić information content (AvgIpc) is 2.89. The molecule has 0 bridgehead atoms. The first-order chi connectivity index (χ1) is 6.25. The minimum Gasteiger partial charge on any atom is -0.241 e. The second-order valence-corrected chi connectivity index (χ2v) is 4.21. The predicted octanol–water partition coefficient (Wildman–Crippen LogP) is 2.55. The minimum absolute atomic E-state index is 0.444. The summed E-state index contributed by atoms with van der Waals surface area (Å²) in [5.74, 6) is 2.34. The molecule has 1 aromatic rings. The van der Waals surface area contributed by atoms with Gasteiger partial charge in [0, 0.05) is 17.8 Å². The van der Waals surface area contributed by atoms with Gasteiger partial charge in [0.2, 0.25) is 0 Å². The largest absolute Gasteiger partial charge is 0.241 e. The second-order valence-electron chi connectivity index (χ2n) is 4.21. The molecule has 0 spiro atoms. The maximum absolute atomic E-state index is 4.54. The summed E-state index contributed by atoms with van der Waals surface area (Å²) in [7, 11) is 0. The van der Waals surface area contributed by atoms with E-state index in [-0.39, 0.29) is 0 Å². The van der Waals surface area contributed by atoms with Gasteiger partial charge in [0.05, 0.1) is 0 Å². The van der Waals surface area contributed by atoms with E-state index in [2.05, 4.69) is 23.8 Å². The molecule has 0 unspecified atom stereocenters. The van der Waals surface area contributed by atoms with Crippen molar-refractivity contribution in [2.75, 3.05) is 0 Å². The first-order valence-electron chi connectivity index (χ1n) is 5.07. The van der Waals surface area contributed by atoms with Gasteiger partial charge in [0.1, 0.15) is 5.82 Å². The highest BCUT2D eigenvalue weighted by molar-refractivity contribution is 5.06. The highest BCUT2D eigenvalue weighted by atomic mass is 14.9. The van der Waals surface area contributed by atoms with Crippen LogP contribution in [0.4, 0.5) is 0 Å². The molecule has 1 aromatic heterocycles. The van der Waals surface area contributed by atoms with Gasteiger partial charge < -0.3 is 0 Å². The molecule has 1 fully saturated rings. The van der Waals surface area contributed by atoms with Gasteiger partial charge in [-0.25, -0.2) is 9.97 Å². The Hall–Kier alpha value is -0.920. The Labute approximate surface area is 79.4 Å². The Bertz CT molecular complexity index is 290. The standard InChI is InChI=1S/C11H16N2/c1-8(2)11-12-6-5-10(13-11)7-9-3-4-9/h5-6,8-9H,3-4,7H2,1-2H3. The van der Waals surface area contributed by atoms with Crippen molar-refractivity contribution in [3.63, 3.8) is 0 Å². The zero-order valence-corrected chi connectivity index (χ0v) is 8.33. The summed E-state index contributed by atoms with van der Waals surface area (Å²) in [5, 5.41) is 0. The van der Waals surface area contributed by atoms with Gasteiger partial charge in [0.15, 0.2) is 0 Å². The van der Waals surface area contributed by atoms with Gasteiger partial charge >= 0.3 is 0 Å². The van der Waals surface area contributed by atoms with Crippen LogP contribution in [0.25, 0.3) is 0 Å². The summed E-state index contributed by atoms with van der Waals surface area (Å²) < 4.78 is 0. The third-order valence-corrected chi connectivity index (χ3v) is 2.44. The Morgan fingerprint density at radius 3 is 2.85 bits per heavy atom. The van der Waals surface area contributed by atoms with Gasteiger partial charge in [0.25, 0.3) is 0 Å². The molecular formula is C11H16N2. The SMILES string of the molecule is CC(C)c1nccc(CC2CC2)n1. The van der Waals surface area contributed by atoms with Crippen molar-refractivity contribution in [1.82, 2.24) is 9.97 Å². The van der Waals surface area contributed by atoms with Gasteiger partial charge in [-0.2, -0.15) is 0 Å². The van der Waals surface area contributed by atoms with Crippen LogP contribution in [0.3, 0.4) is 0 Å². The van der Waals surface area contributed by atoms with E-state index in [0.717, 1.165) is 18.2 Å². The van der Waals surface area contributed by atoms with E-state index in [1.165, 1.54) is 18.5 Å². The van der Waals surface area contributed by atoms with Crippen LogP contribution in [0.2, 0.25) is 0 Å². The smallest absolute Gasteiger partial charge is 0.131 e. The molecule has 0 aliphatic heterocycles. The van der Waals surface area contributed by atoms with Crippen molar-refractivity contribution in [1.29, 1.82) is 0 Å². The molecule has 0 radical (unpaired) electrons. The van der Waals surface area contributed by atoms with Gasteiger partial charge in [-0.15, -0.1) is 0 Å².